The van der Waals surface area contributed by atoms with Crippen molar-refractivity contribution in [2.75, 3.05) is 0 Å². The summed E-state index contributed by atoms with van der Waals surface area (Å²) in [4.78, 5) is 3.30. The van der Waals surface area contributed by atoms with E-state index in [1.807, 2.05) is 18.3 Å². The van der Waals surface area contributed by atoms with Crippen molar-refractivity contribution in [2.24, 2.45) is 0 Å². The van der Waals surface area contributed by atoms with Crippen molar-refractivity contribution in [3.63, 3.8) is 0 Å². The molecule has 1 aliphatic rings. The second-order valence-electron chi connectivity index (χ2n) is 4.55. The molecule has 2 aromatic carbocycles. The highest BCUT2D eigenvalue weighted by molar-refractivity contribution is 6.31. The third-order valence-corrected chi connectivity index (χ3v) is 3.75. The Bertz CT molecular complexity index is 740. The average Bonchev–Trinajstić information content (AvgIpc) is 2.87. The van der Waals surface area contributed by atoms with E-state index in [4.69, 9.17) is 11.6 Å². The van der Waals surface area contributed by atoms with Gasteiger partial charge in [0.15, 0.2) is 0 Å². The van der Waals surface area contributed by atoms with Crippen LogP contribution in [-0.2, 0) is 6.42 Å². The molecule has 2 heteroatoms. The monoisotopic (exact) mass is 239 g/mol. The standard InChI is InChI=1S/C15H10ClN/c16-12-2-1-9-5-11-8-15-13(3-4-17-15)14(11)7-10(9)6-12/h1-7,17H,8H2. The van der Waals surface area contributed by atoms with Crippen molar-refractivity contribution in [1.29, 1.82) is 0 Å². The van der Waals surface area contributed by atoms with E-state index in [0.717, 1.165) is 11.4 Å². The predicted octanol–water partition coefficient (Wildman–Crippen LogP) is 4.39. The summed E-state index contributed by atoms with van der Waals surface area (Å²) < 4.78 is 0. The first-order valence-electron chi connectivity index (χ1n) is 5.70. The Hall–Kier alpha value is -1.73. The van der Waals surface area contributed by atoms with Gasteiger partial charge in [0.25, 0.3) is 0 Å². The molecule has 0 bridgehead atoms. The van der Waals surface area contributed by atoms with Gasteiger partial charge < -0.3 is 4.98 Å². The largest absolute Gasteiger partial charge is 0.364 e. The second kappa shape index (κ2) is 3.14. The van der Waals surface area contributed by atoms with Crippen LogP contribution in [-0.4, -0.2) is 4.98 Å². The highest BCUT2D eigenvalue weighted by Gasteiger charge is 2.19. The van der Waals surface area contributed by atoms with Gasteiger partial charge in [0.05, 0.1) is 0 Å². The van der Waals surface area contributed by atoms with E-state index >= 15 is 0 Å². The Balaban J connectivity index is 2.07. The molecule has 1 nitrogen and oxygen atoms in total. The summed E-state index contributed by atoms with van der Waals surface area (Å²) in [6.07, 6.45) is 3.02. The summed E-state index contributed by atoms with van der Waals surface area (Å²) in [7, 11) is 0. The van der Waals surface area contributed by atoms with Gasteiger partial charge >= 0.3 is 0 Å². The number of benzene rings is 2. The smallest absolute Gasteiger partial charge is 0.0412 e. The lowest BCUT2D eigenvalue weighted by Crippen LogP contribution is -1.83. The van der Waals surface area contributed by atoms with E-state index in [1.165, 1.54) is 33.2 Å². The Morgan fingerprint density at radius 2 is 1.88 bits per heavy atom. The molecule has 82 valence electrons. The van der Waals surface area contributed by atoms with Crippen LogP contribution in [0.2, 0.25) is 5.02 Å². The molecule has 1 aromatic heterocycles. The zero-order valence-electron chi connectivity index (χ0n) is 9.13. The molecule has 3 aromatic rings. The minimum absolute atomic E-state index is 0.796. The first-order chi connectivity index (χ1) is 8.31. The van der Waals surface area contributed by atoms with Crippen molar-refractivity contribution < 1.29 is 0 Å². The molecular formula is C15H10ClN. The molecule has 1 heterocycles. The van der Waals surface area contributed by atoms with Crippen LogP contribution in [0.4, 0.5) is 0 Å². The van der Waals surface area contributed by atoms with Crippen molar-refractivity contribution >= 4 is 22.4 Å². The normalized spacial score (nSPS) is 12.8. The summed E-state index contributed by atoms with van der Waals surface area (Å²) in [6, 6.07) is 12.7. The SMILES string of the molecule is Clc1ccc2cc3c(cc2c1)-c1cc[nH]c1C3. The first kappa shape index (κ1) is 9.32. The third kappa shape index (κ3) is 1.26. The Labute approximate surface area is 104 Å². The number of hydrogen-bond donors (Lipinski definition) is 1. The van der Waals surface area contributed by atoms with E-state index in [-0.39, 0.29) is 0 Å². The summed E-state index contributed by atoms with van der Waals surface area (Å²) in [5, 5.41) is 3.27. The molecule has 4 rings (SSSR count). The number of hydrogen-bond acceptors (Lipinski definition) is 0. The molecule has 0 saturated carbocycles. The first-order valence-corrected chi connectivity index (χ1v) is 6.08. The van der Waals surface area contributed by atoms with Crippen LogP contribution in [0.3, 0.4) is 0 Å². The van der Waals surface area contributed by atoms with Crippen molar-refractivity contribution in [1.82, 2.24) is 4.98 Å². The molecule has 0 radical (unpaired) electrons. The molecule has 0 aliphatic heterocycles. The van der Waals surface area contributed by atoms with Crippen LogP contribution in [0, 0.1) is 0 Å². The van der Waals surface area contributed by atoms with E-state index < -0.39 is 0 Å². The zero-order chi connectivity index (χ0) is 11.4. The molecule has 1 aliphatic carbocycles. The van der Waals surface area contributed by atoms with Crippen molar-refractivity contribution in [2.45, 2.75) is 6.42 Å². The Morgan fingerprint density at radius 1 is 0.941 bits per heavy atom. The molecule has 1 N–H and O–H groups in total. The fraction of sp³-hybridized carbons (Fsp3) is 0.0667. The zero-order valence-corrected chi connectivity index (χ0v) is 9.88. The highest BCUT2D eigenvalue weighted by Crippen LogP contribution is 2.38. The summed E-state index contributed by atoms with van der Waals surface area (Å²) in [5.74, 6) is 0. The minimum atomic E-state index is 0.796. The lowest BCUT2D eigenvalue weighted by Gasteiger charge is -2.04. The number of rotatable bonds is 0. The van der Waals surface area contributed by atoms with Gasteiger partial charge in [0.1, 0.15) is 0 Å². The third-order valence-electron chi connectivity index (χ3n) is 3.51. The minimum Gasteiger partial charge on any atom is -0.364 e. The number of H-pyrrole nitrogens is 1. The maximum atomic E-state index is 6.04. The van der Waals surface area contributed by atoms with Gasteiger partial charge in [0.2, 0.25) is 0 Å². The van der Waals surface area contributed by atoms with Gasteiger partial charge in [0, 0.05) is 28.9 Å². The van der Waals surface area contributed by atoms with Gasteiger partial charge in [-0.15, -0.1) is 0 Å². The fourth-order valence-electron chi connectivity index (χ4n) is 2.71. The quantitative estimate of drug-likeness (QED) is 0.468. The van der Waals surface area contributed by atoms with Crippen LogP contribution in [0.1, 0.15) is 11.3 Å². The van der Waals surface area contributed by atoms with Crippen LogP contribution in [0.25, 0.3) is 21.9 Å². The van der Waals surface area contributed by atoms with E-state index in [1.54, 1.807) is 0 Å². The van der Waals surface area contributed by atoms with Gasteiger partial charge in [-0.25, -0.2) is 0 Å². The van der Waals surface area contributed by atoms with Crippen molar-refractivity contribution in [3.05, 3.63) is 58.9 Å². The van der Waals surface area contributed by atoms with Crippen LogP contribution in [0.5, 0.6) is 0 Å². The molecule has 0 fully saturated rings. The van der Waals surface area contributed by atoms with E-state index in [0.29, 0.717) is 0 Å². The molecule has 0 unspecified atom stereocenters. The summed E-state index contributed by atoms with van der Waals surface area (Å²) in [5.41, 5.74) is 5.40. The van der Waals surface area contributed by atoms with Crippen molar-refractivity contribution in [3.8, 4) is 11.1 Å². The van der Waals surface area contributed by atoms with E-state index in [9.17, 15) is 0 Å². The van der Waals surface area contributed by atoms with Gasteiger partial charge in [-0.2, -0.15) is 0 Å². The van der Waals surface area contributed by atoms with Crippen LogP contribution < -0.4 is 0 Å². The topological polar surface area (TPSA) is 15.8 Å². The molecule has 0 amide bonds. The molecule has 0 atom stereocenters. The Morgan fingerprint density at radius 3 is 2.82 bits per heavy atom. The lowest BCUT2D eigenvalue weighted by atomic mass is 10.0. The molecule has 17 heavy (non-hydrogen) atoms. The Kier molecular flexibility index (Phi) is 1.72. The number of aromatic nitrogens is 1. The van der Waals surface area contributed by atoms with E-state index in [2.05, 4.69) is 29.2 Å². The average molecular weight is 240 g/mol. The number of aromatic amines is 1. The van der Waals surface area contributed by atoms with Crippen LogP contribution in [0.15, 0.2) is 42.6 Å². The maximum Gasteiger partial charge on any atom is 0.0412 e. The highest BCUT2D eigenvalue weighted by atomic mass is 35.5. The molecule has 0 spiro atoms. The summed E-state index contributed by atoms with van der Waals surface area (Å²) in [6.45, 7) is 0. The predicted molar refractivity (Wildman–Crippen MR) is 71.6 cm³/mol. The van der Waals surface area contributed by atoms with Crippen LogP contribution >= 0.6 is 11.6 Å². The van der Waals surface area contributed by atoms with Gasteiger partial charge in [-0.1, -0.05) is 23.7 Å². The lowest BCUT2D eigenvalue weighted by molar-refractivity contribution is 1.15. The maximum absolute atomic E-state index is 6.04. The van der Waals surface area contributed by atoms with Gasteiger partial charge in [-0.05, 0) is 46.2 Å². The molecule has 0 saturated heterocycles. The van der Waals surface area contributed by atoms with Gasteiger partial charge in [-0.3, -0.25) is 0 Å². The number of halogens is 1. The second-order valence-corrected chi connectivity index (χ2v) is 4.98. The number of nitrogens with one attached hydrogen (secondary N) is 1. The number of fused-ring (bicyclic) bond motifs is 4. The fourth-order valence-corrected chi connectivity index (χ4v) is 2.89. The summed E-state index contributed by atoms with van der Waals surface area (Å²) >= 11 is 6.04. The molecular weight excluding hydrogens is 230 g/mol.